The number of aromatic nitrogens is 3. The lowest BCUT2D eigenvalue weighted by atomic mass is 10.2. The number of fused-ring (bicyclic) bond motifs is 1. The number of aryl methyl sites for hydroxylation is 2. The molecule has 2 heterocycles. The molecule has 1 aromatic heterocycles. The highest BCUT2D eigenvalue weighted by molar-refractivity contribution is 7.93. The van der Waals surface area contributed by atoms with Crippen molar-refractivity contribution in [1.29, 1.82) is 0 Å². The number of benzene rings is 2. The van der Waals surface area contributed by atoms with Crippen LogP contribution in [-0.2, 0) is 23.0 Å². The summed E-state index contributed by atoms with van der Waals surface area (Å²) in [7, 11) is -3.93. The number of hydrogen-bond acceptors (Lipinski definition) is 4. The second kappa shape index (κ2) is 7.06. The molecule has 28 heavy (non-hydrogen) atoms. The average molecular weight is 437 g/mol. The van der Waals surface area contributed by atoms with Crippen LogP contribution in [0.4, 0.5) is 5.69 Å². The molecule has 0 spiro atoms. The van der Waals surface area contributed by atoms with Crippen LogP contribution in [0.5, 0.6) is 0 Å². The first-order valence-corrected chi connectivity index (χ1v) is 11.0. The maximum absolute atomic E-state index is 13.0. The van der Waals surface area contributed by atoms with E-state index in [2.05, 4.69) is 19.5 Å². The number of halogens is 2. The van der Waals surface area contributed by atoms with Gasteiger partial charge in [-0.2, -0.15) is 0 Å². The quantitative estimate of drug-likeness (QED) is 0.647. The lowest BCUT2D eigenvalue weighted by Gasteiger charge is -2.15. The molecule has 0 aliphatic carbocycles. The Labute approximate surface area is 173 Å². The van der Waals surface area contributed by atoms with E-state index in [-0.39, 0.29) is 9.92 Å². The Morgan fingerprint density at radius 2 is 1.93 bits per heavy atom. The molecule has 0 saturated carbocycles. The minimum atomic E-state index is -3.93. The fraction of sp³-hybridized carbons (Fsp3) is 0.263. The second-order valence-electron chi connectivity index (χ2n) is 6.82. The van der Waals surface area contributed by atoms with Gasteiger partial charge in [-0.15, -0.1) is 10.2 Å². The van der Waals surface area contributed by atoms with E-state index in [0.717, 1.165) is 36.6 Å². The van der Waals surface area contributed by atoms with Crippen molar-refractivity contribution < 1.29 is 8.42 Å². The van der Waals surface area contributed by atoms with Crippen LogP contribution < -0.4 is 4.72 Å². The Hall–Kier alpha value is -2.09. The fourth-order valence-electron chi connectivity index (χ4n) is 3.43. The number of nitrogens with zero attached hydrogens (tertiary/aromatic N) is 3. The number of sulfonamides is 1. The third-order valence-electron chi connectivity index (χ3n) is 4.84. The lowest BCUT2D eigenvalue weighted by molar-refractivity contribution is 0.600. The van der Waals surface area contributed by atoms with Crippen LogP contribution in [0.2, 0.25) is 10.0 Å². The number of rotatable bonds is 4. The van der Waals surface area contributed by atoms with E-state index in [1.807, 2.05) is 6.07 Å². The Bertz CT molecular complexity index is 1160. The molecule has 4 rings (SSSR count). The summed E-state index contributed by atoms with van der Waals surface area (Å²) in [5.74, 6) is 1.69. The normalized spacial score (nSPS) is 13.6. The van der Waals surface area contributed by atoms with Gasteiger partial charge in [0.2, 0.25) is 0 Å². The van der Waals surface area contributed by atoms with Gasteiger partial charge in [0.05, 0.1) is 5.02 Å². The third-order valence-corrected chi connectivity index (χ3v) is 7.38. The minimum absolute atomic E-state index is 0.00654. The molecule has 0 atom stereocenters. The van der Waals surface area contributed by atoms with E-state index in [4.69, 9.17) is 23.2 Å². The molecule has 1 N–H and O–H groups in total. The summed E-state index contributed by atoms with van der Waals surface area (Å²) in [6.07, 6.45) is 1.95. The van der Waals surface area contributed by atoms with E-state index < -0.39 is 10.0 Å². The van der Waals surface area contributed by atoms with Crippen molar-refractivity contribution in [3.05, 3.63) is 57.3 Å². The molecule has 0 saturated heterocycles. The predicted molar refractivity (Wildman–Crippen MR) is 111 cm³/mol. The summed E-state index contributed by atoms with van der Waals surface area (Å²) in [4.78, 5) is -0.00654. The molecule has 6 nitrogen and oxygen atoms in total. The predicted octanol–water partition coefficient (Wildman–Crippen LogP) is 4.62. The van der Waals surface area contributed by atoms with Crippen molar-refractivity contribution in [2.24, 2.45) is 0 Å². The largest absolute Gasteiger partial charge is 0.311 e. The molecule has 0 amide bonds. The highest BCUT2D eigenvalue weighted by Gasteiger charge is 2.25. The van der Waals surface area contributed by atoms with Crippen LogP contribution in [0, 0.1) is 13.8 Å². The van der Waals surface area contributed by atoms with Crippen LogP contribution in [-0.4, -0.2) is 23.2 Å². The first-order valence-electron chi connectivity index (χ1n) is 8.78. The first kappa shape index (κ1) is 19.2. The van der Waals surface area contributed by atoms with Gasteiger partial charge in [-0.05, 0) is 49.6 Å². The molecule has 0 unspecified atom stereocenters. The van der Waals surface area contributed by atoms with Gasteiger partial charge < -0.3 is 4.57 Å². The van der Waals surface area contributed by atoms with Gasteiger partial charge in [0.1, 0.15) is 10.7 Å². The summed E-state index contributed by atoms with van der Waals surface area (Å²) in [5, 5.41) is 8.99. The van der Waals surface area contributed by atoms with Crippen LogP contribution in [0.3, 0.4) is 0 Å². The SMILES string of the molecule is Cc1cc(Cl)c(C)c(S(=O)(=O)Nc2cccc(-c3nnc4n3CCC4)c2)c1Cl. The molecule has 0 fully saturated rings. The van der Waals surface area contributed by atoms with Crippen molar-refractivity contribution in [2.45, 2.75) is 38.1 Å². The molecule has 0 radical (unpaired) electrons. The lowest BCUT2D eigenvalue weighted by Crippen LogP contribution is -2.15. The van der Waals surface area contributed by atoms with Crippen molar-refractivity contribution in [1.82, 2.24) is 14.8 Å². The standard InChI is InChI=1S/C19H18Cl2N4O2S/c1-11-9-15(20)12(2)18(17(11)21)28(26,27)24-14-6-3-5-13(10-14)19-23-22-16-7-4-8-25(16)19/h3,5-6,9-10,24H,4,7-8H2,1-2H3. The van der Waals surface area contributed by atoms with Gasteiger partial charge in [0.25, 0.3) is 10.0 Å². The summed E-state index contributed by atoms with van der Waals surface area (Å²) in [6, 6.07) is 8.75. The van der Waals surface area contributed by atoms with Gasteiger partial charge in [-0.25, -0.2) is 8.42 Å². The van der Waals surface area contributed by atoms with Gasteiger partial charge in [0, 0.05) is 29.2 Å². The smallest absolute Gasteiger partial charge is 0.263 e. The van der Waals surface area contributed by atoms with E-state index in [1.165, 1.54) is 0 Å². The average Bonchev–Trinajstić information content (AvgIpc) is 3.23. The van der Waals surface area contributed by atoms with Crippen molar-refractivity contribution in [2.75, 3.05) is 4.72 Å². The van der Waals surface area contributed by atoms with Gasteiger partial charge in [-0.1, -0.05) is 35.3 Å². The molecular weight excluding hydrogens is 419 g/mol. The number of anilines is 1. The Balaban J connectivity index is 1.72. The minimum Gasteiger partial charge on any atom is -0.311 e. The van der Waals surface area contributed by atoms with E-state index in [9.17, 15) is 8.42 Å². The fourth-order valence-corrected chi connectivity index (χ4v) is 5.69. The zero-order valence-corrected chi connectivity index (χ0v) is 17.7. The first-order chi connectivity index (χ1) is 13.3. The Morgan fingerprint density at radius 3 is 2.71 bits per heavy atom. The summed E-state index contributed by atoms with van der Waals surface area (Å²) in [6.45, 7) is 4.22. The van der Waals surface area contributed by atoms with E-state index in [1.54, 1.807) is 38.1 Å². The zero-order valence-electron chi connectivity index (χ0n) is 15.3. The Morgan fingerprint density at radius 1 is 1.14 bits per heavy atom. The van der Waals surface area contributed by atoms with Gasteiger partial charge in [0.15, 0.2) is 5.82 Å². The maximum Gasteiger partial charge on any atom is 0.263 e. The second-order valence-corrected chi connectivity index (χ2v) is 9.23. The number of hydrogen-bond donors (Lipinski definition) is 1. The monoisotopic (exact) mass is 436 g/mol. The summed E-state index contributed by atoms with van der Waals surface area (Å²) < 4.78 is 30.8. The molecule has 0 bridgehead atoms. The molecule has 1 aliphatic heterocycles. The van der Waals surface area contributed by atoms with Crippen LogP contribution in [0.1, 0.15) is 23.4 Å². The molecular formula is C19H18Cl2N4O2S. The molecule has 3 aromatic rings. The summed E-state index contributed by atoms with van der Waals surface area (Å²) in [5.41, 5.74) is 2.23. The van der Waals surface area contributed by atoms with Crippen molar-refractivity contribution in [3.63, 3.8) is 0 Å². The van der Waals surface area contributed by atoms with Crippen molar-refractivity contribution in [3.8, 4) is 11.4 Å². The highest BCUT2D eigenvalue weighted by atomic mass is 35.5. The van der Waals surface area contributed by atoms with Crippen molar-refractivity contribution >= 4 is 38.9 Å². The van der Waals surface area contributed by atoms with E-state index >= 15 is 0 Å². The molecule has 146 valence electrons. The van der Waals surface area contributed by atoms with Crippen LogP contribution in [0.25, 0.3) is 11.4 Å². The van der Waals surface area contributed by atoms with Crippen LogP contribution >= 0.6 is 23.2 Å². The molecule has 1 aliphatic rings. The topological polar surface area (TPSA) is 76.9 Å². The highest BCUT2D eigenvalue weighted by Crippen LogP contribution is 2.35. The van der Waals surface area contributed by atoms with Gasteiger partial charge >= 0.3 is 0 Å². The molecule has 9 heteroatoms. The third kappa shape index (κ3) is 3.27. The summed E-state index contributed by atoms with van der Waals surface area (Å²) >= 11 is 12.5. The van der Waals surface area contributed by atoms with Gasteiger partial charge in [-0.3, -0.25) is 4.72 Å². The Kier molecular flexibility index (Phi) is 4.85. The maximum atomic E-state index is 13.0. The zero-order chi connectivity index (χ0) is 20.1. The van der Waals surface area contributed by atoms with E-state index in [0.29, 0.717) is 21.8 Å². The molecule has 2 aromatic carbocycles. The van der Waals surface area contributed by atoms with Crippen LogP contribution in [0.15, 0.2) is 35.2 Å². The number of nitrogens with one attached hydrogen (secondary N) is 1.